The van der Waals surface area contributed by atoms with E-state index in [-0.39, 0.29) is 17.8 Å². The summed E-state index contributed by atoms with van der Waals surface area (Å²) in [4.78, 5) is 20.9. The maximum atomic E-state index is 13.1. The van der Waals surface area contributed by atoms with Gasteiger partial charge in [-0.1, -0.05) is 0 Å². The first-order valence-electron chi connectivity index (χ1n) is 9.20. The second-order valence-corrected chi connectivity index (χ2v) is 8.05. The predicted octanol–water partition coefficient (Wildman–Crippen LogP) is 2.98. The average Bonchev–Trinajstić information content (AvgIpc) is 3.15. The van der Waals surface area contributed by atoms with Crippen LogP contribution in [0.25, 0.3) is 0 Å². The molecule has 1 unspecified atom stereocenters. The first-order valence-corrected chi connectivity index (χ1v) is 10.1. The van der Waals surface area contributed by atoms with Gasteiger partial charge in [0.15, 0.2) is 0 Å². The van der Waals surface area contributed by atoms with E-state index in [4.69, 9.17) is 0 Å². The van der Waals surface area contributed by atoms with Crippen LogP contribution in [-0.4, -0.2) is 54.5 Å². The van der Waals surface area contributed by atoms with Gasteiger partial charge in [0.05, 0.1) is 6.04 Å². The number of fused-ring (bicyclic) bond motifs is 1. The quantitative estimate of drug-likeness (QED) is 0.828. The third-order valence-corrected chi connectivity index (χ3v) is 6.55. The molecule has 0 N–H and O–H groups in total. The van der Waals surface area contributed by atoms with Gasteiger partial charge >= 0.3 is 0 Å². The lowest BCUT2D eigenvalue weighted by atomic mass is 10.1. The Kier molecular flexibility index (Phi) is 4.96. The van der Waals surface area contributed by atoms with Gasteiger partial charge in [-0.15, -0.1) is 11.3 Å². The molecule has 0 aliphatic carbocycles. The van der Waals surface area contributed by atoms with E-state index in [1.54, 1.807) is 11.3 Å². The van der Waals surface area contributed by atoms with Crippen LogP contribution in [0.5, 0.6) is 0 Å². The van der Waals surface area contributed by atoms with E-state index >= 15 is 0 Å². The normalized spacial score (nSPS) is 19.3. The van der Waals surface area contributed by atoms with Crippen molar-refractivity contribution in [3.05, 3.63) is 52.0 Å². The largest absolute Gasteiger partial charge is 0.369 e. The van der Waals surface area contributed by atoms with Crippen LogP contribution in [0.1, 0.15) is 17.4 Å². The first-order chi connectivity index (χ1) is 12.6. The molecule has 3 heterocycles. The summed E-state index contributed by atoms with van der Waals surface area (Å²) in [7, 11) is 0. The summed E-state index contributed by atoms with van der Waals surface area (Å²) in [5.74, 6) is 0.0269. The molecule has 2 aliphatic heterocycles. The molecule has 1 saturated heterocycles. The molecule has 0 radical (unpaired) electrons. The second kappa shape index (κ2) is 7.37. The Balaban J connectivity index is 1.34. The van der Waals surface area contributed by atoms with Gasteiger partial charge in [0.25, 0.3) is 0 Å². The van der Waals surface area contributed by atoms with Crippen molar-refractivity contribution < 1.29 is 9.18 Å². The topological polar surface area (TPSA) is 26.8 Å². The van der Waals surface area contributed by atoms with Gasteiger partial charge in [0.2, 0.25) is 5.91 Å². The third-order valence-electron chi connectivity index (χ3n) is 5.53. The summed E-state index contributed by atoms with van der Waals surface area (Å²) in [6, 6.07) is 8.71. The highest BCUT2D eigenvalue weighted by Crippen LogP contribution is 2.25. The minimum Gasteiger partial charge on any atom is -0.369 e. The van der Waals surface area contributed by atoms with Crippen molar-refractivity contribution in [3.63, 3.8) is 0 Å². The standard InChI is InChI=1S/C20H24FN3OS/c1-15(20(25)24-8-6-19-16(14-24)7-13-26-19)22-9-11-23(12-10-22)18-4-2-17(21)3-5-18/h2-5,7,13,15H,6,8-12,14H2,1H3. The van der Waals surface area contributed by atoms with E-state index < -0.39 is 0 Å². The zero-order chi connectivity index (χ0) is 18.1. The predicted molar refractivity (Wildman–Crippen MR) is 103 cm³/mol. The number of thiophene rings is 1. The molecule has 26 heavy (non-hydrogen) atoms. The zero-order valence-corrected chi connectivity index (χ0v) is 15.8. The molecule has 2 aromatic rings. The number of halogens is 1. The molecule has 1 amide bonds. The van der Waals surface area contributed by atoms with Crippen molar-refractivity contribution in [2.75, 3.05) is 37.6 Å². The molecule has 1 aromatic carbocycles. The molecule has 2 aliphatic rings. The number of anilines is 1. The van der Waals surface area contributed by atoms with Crippen molar-refractivity contribution in [2.24, 2.45) is 0 Å². The lowest BCUT2D eigenvalue weighted by Crippen LogP contribution is -2.55. The monoisotopic (exact) mass is 373 g/mol. The minimum atomic E-state index is -0.207. The van der Waals surface area contributed by atoms with Gasteiger partial charge in [0, 0.05) is 49.8 Å². The molecular weight excluding hydrogens is 349 g/mol. The fraction of sp³-hybridized carbons (Fsp3) is 0.450. The summed E-state index contributed by atoms with van der Waals surface area (Å²) in [6.07, 6.45) is 0.976. The van der Waals surface area contributed by atoms with Gasteiger partial charge in [0.1, 0.15) is 5.82 Å². The van der Waals surface area contributed by atoms with Crippen LogP contribution in [0.15, 0.2) is 35.7 Å². The molecule has 0 spiro atoms. The molecule has 138 valence electrons. The fourth-order valence-corrected chi connectivity index (χ4v) is 4.77. The summed E-state index contributed by atoms with van der Waals surface area (Å²) in [6.45, 7) is 7.02. The number of carbonyl (C=O) groups is 1. The SMILES string of the molecule is CC(C(=O)N1CCc2sccc2C1)N1CCN(c2ccc(F)cc2)CC1. The molecule has 6 heteroatoms. The van der Waals surface area contributed by atoms with Crippen molar-refractivity contribution >= 4 is 22.9 Å². The zero-order valence-electron chi connectivity index (χ0n) is 15.0. The molecule has 1 aromatic heterocycles. The number of piperazine rings is 1. The number of hydrogen-bond acceptors (Lipinski definition) is 4. The van der Waals surface area contributed by atoms with Crippen molar-refractivity contribution in [3.8, 4) is 0 Å². The first kappa shape index (κ1) is 17.5. The lowest BCUT2D eigenvalue weighted by molar-refractivity contribution is -0.137. The number of amides is 1. The van der Waals surface area contributed by atoms with Crippen molar-refractivity contribution in [1.82, 2.24) is 9.80 Å². The van der Waals surface area contributed by atoms with Crippen LogP contribution in [0, 0.1) is 5.82 Å². The van der Waals surface area contributed by atoms with Gasteiger partial charge < -0.3 is 9.80 Å². The van der Waals surface area contributed by atoms with E-state index in [0.29, 0.717) is 0 Å². The maximum Gasteiger partial charge on any atom is 0.239 e. The average molecular weight is 373 g/mol. The van der Waals surface area contributed by atoms with Crippen LogP contribution in [-0.2, 0) is 17.8 Å². The summed E-state index contributed by atoms with van der Waals surface area (Å²) < 4.78 is 13.1. The number of rotatable bonds is 3. The van der Waals surface area contributed by atoms with Crippen molar-refractivity contribution in [2.45, 2.75) is 25.9 Å². The molecule has 1 fully saturated rings. The lowest BCUT2D eigenvalue weighted by Gasteiger charge is -2.40. The highest BCUT2D eigenvalue weighted by Gasteiger charge is 2.30. The smallest absolute Gasteiger partial charge is 0.239 e. The Labute approximate surface area is 157 Å². The van der Waals surface area contributed by atoms with Gasteiger partial charge in [-0.2, -0.15) is 0 Å². The van der Waals surface area contributed by atoms with Crippen molar-refractivity contribution in [1.29, 1.82) is 0 Å². The van der Waals surface area contributed by atoms with E-state index in [9.17, 15) is 9.18 Å². The summed E-state index contributed by atoms with van der Waals surface area (Å²) >= 11 is 1.80. The number of nitrogens with zero attached hydrogens (tertiary/aromatic N) is 3. The molecular formula is C20H24FN3OS. The second-order valence-electron chi connectivity index (χ2n) is 7.05. The van der Waals surface area contributed by atoms with Gasteiger partial charge in [-0.25, -0.2) is 4.39 Å². The molecule has 4 nitrogen and oxygen atoms in total. The van der Waals surface area contributed by atoms with E-state index in [0.717, 1.165) is 51.4 Å². The van der Waals surface area contributed by atoms with Crippen LogP contribution in [0.2, 0.25) is 0 Å². The highest BCUT2D eigenvalue weighted by molar-refractivity contribution is 7.10. The van der Waals surface area contributed by atoms with Gasteiger partial charge in [-0.3, -0.25) is 9.69 Å². The van der Waals surface area contributed by atoms with Crippen LogP contribution in [0.3, 0.4) is 0 Å². The van der Waals surface area contributed by atoms with E-state index in [1.165, 1.54) is 22.6 Å². The van der Waals surface area contributed by atoms with Gasteiger partial charge in [-0.05, 0) is 54.6 Å². The molecule has 0 bridgehead atoms. The molecule has 0 saturated carbocycles. The Bertz CT molecular complexity index is 768. The minimum absolute atomic E-state index is 0.0921. The maximum absolute atomic E-state index is 13.1. The Morgan fingerprint density at radius 2 is 1.81 bits per heavy atom. The number of benzene rings is 1. The molecule has 1 atom stereocenters. The Morgan fingerprint density at radius 3 is 2.54 bits per heavy atom. The van der Waals surface area contributed by atoms with E-state index in [2.05, 4.69) is 21.2 Å². The third kappa shape index (κ3) is 3.48. The number of carbonyl (C=O) groups excluding carboxylic acids is 1. The summed E-state index contributed by atoms with van der Waals surface area (Å²) in [5.41, 5.74) is 2.36. The highest BCUT2D eigenvalue weighted by atomic mass is 32.1. The number of hydrogen-bond donors (Lipinski definition) is 0. The van der Waals surface area contributed by atoms with E-state index in [1.807, 2.05) is 24.0 Å². The molecule has 4 rings (SSSR count). The van der Waals surface area contributed by atoms with Crippen LogP contribution >= 0.6 is 11.3 Å². The fourth-order valence-electron chi connectivity index (χ4n) is 3.88. The van der Waals surface area contributed by atoms with Crippen LogP contribution < -0.4 is 4.90 Å². The Morgan fingerprint density at radius 1 is 1.08 bits per heavy atom. The Hall–Kier alpha value is -1.92. The van der Waals surface area contributed by atoms with Crippen LogP contribution in [0.4, 0.5) is 10.1 Å². The summed E-state index contributed by atoms with van der Waals surface area (Å²) in [5, 5.41) is 2.12.